The van der Waals surface area contributed by atoms with Gasteiger partial charge >= 0.3 is 0 Å². The fourth-order valence-electron chi connectivity index (χ4n) is 1.77. The van der Waals surface area contributed by atoms with Crippen molar-refractivity contribution in [3.8, 4) is 5.75 Å². The number of amides is 1. The molecule has 5 nitrogen and oxygen atoms in total. The van der Waals surface area contributed by atoms with Gasteiger partial charge in [-0.15, -0.1) is 0 Å². The first-order valence-corrected chi connectivity index (χ1v) is 7.00. The van der Waals surface area contributed by atoms with Crippen LogP contribution in [0.25, 0.3) is 0 Å². The molecular formula is C14H16BrN3O2. The molecule has 0 saturated carbocycles. The number of hydrogen-bond donors (Lipinski definition) is 1. The second-order valence-corrected chi connectivity index (χ2v) is 5.42. The Morgan fingerprint density at radius 2 is 2.35 bits per heavy atom. The Morgan fingerprint density at radius 3 is 3.00 bits per heavy atom. The molecule has 6 heteroatoms. The molecule has 0 saturated heterocycles. The van der Waals surface area contributed by atoms with Crippen LogP contribution in [0, 0.1) is 5.92 Å². The predicted octanol–water partition coefficient (Wildman–Crippen LogP) is 2.93. The molecule has 2 rings (SSSR count). The molecule has 0 radical (unpaired) electrons. The van der Waals surface area contributed by atoms with Gasteiger partial charge in [-0.3, -0.25) is 9.48 Å². The highest BCUT2D eigenvalue weighted by atomic mass is 79.9. The number of carbonyl (C=O) groups excluding carboxylic acids is 1. The van der Waals surface area contributed by atoms with E-state index >= 15 is 0 Å². The van der Waals surface area contributed by atoms with Gasteiger partial charge in [0, 0.05) is 18.0 Å². The van der Waals surface area contributed by atoms with Crippen LogP contribution in [0.3, 0.4) is 0 Å². The smallest absolute Gasteiger partial charge is 0.229 e. The molecule has 20 heavy (non-hydrogen) atoms. The number of ether oxygens (including phenoxy) is 1. The average molecular weight is 338 g/mol. The summed E-state index contributed by atoms with van der Waals surface area (Å²) in [4.78, 5) is 12.1. The summed E-state index contributed by atoms with van der Waals surface area (Å²) < 4.78 is 7.76. The van der Waals surface area contributed by atoms with Gasteiger partial charge in [0.2, 0.25) is 5.91 Å². The highest BCUT2D eigenvalue weighted by Crippen LogP contribution is 2.17. The molecule has 0 bridgehead atoms. The largest absolute Gasteiger partial charge is 0.497 e. The van der Waals surface area contributed by atoms with Crippen LogP contribution in [0.1, 0.15) is 6.92 Å². The van der Waals surface area contributed by atoms with Gasteiger partial charge in [0.15, 0.2) is 0 Å². The maximum absolute atomic E-state index is 12.1. The van der Waals surface area contributed by atoms with Gasteiger partial charge in [0.1, 0.15) is 5.75 Å². The molecule has 1 aromatic carbocycles. The van der Waals surface area contributed by atoms with Crippen LogP contribution in [-0.2, 0) is 11.3 Å². The topological polar surface area (TPSA) is 56.1 Å². The molecule has 1 atom stereocenters. The Kier molecular flexibility index (Phi) is 4.79. The molecule has 1 amide bonds. The van der Waals surface area contributed by atoms with Gasteiger partial charge in [-0.1, -0.05) is 13.0 Å². The number of rotatable bonds is 5. The maximum atomic E-state index is 12.1. The van der Waals surface area contributed by atoms with Gasteiger partial charge in [-0.2, -0.15) is 5.10 Å². The number of anilines is 1. The van der Waals surface area contributed by atoms with Crippen molar-refractivity contribution in [1.29, 1.82) is 0 Å². The van der Waals surface area contributed by atoms with Crippen LogP contribution in [-0.4, -0.2) is 22.8 Å². The van der Waals surface area contributed by atoms with E-state index in [1.165, 1.54) is 0 Å². The van der Waals surface area contributed by atoms with E-state index in [0.717, 1.165) is 10.2 Å². The molecule has 1 N–H and O–H groups in total. The lowest BCUT2D eigenvalue weighted by Crippen LogP contribution is -2.24. The van der Waals surface area contributed by atoms with E-state index in [1.807, 2.05) is 31.3 Å². The minimum Gasteiger partial charge on any atom is -0.497 e. The Hall–Kier alpha value is -1.82. The first-order chi connectivity index (χ1) is 9.58. The maximum Gasteiger partial charge on any atom is 0.229 e. The molecule has 0 aliphatic rings. The van der Waals surface area contributed by atoms with Gasteiger partial charge in [-0.05, 0) is 28.1 Å². The van der Waals surface area contributed by atoms with Crippen molar-refractivity contribution in [3.63, 3.8) is 0 Å². The molecule has 106 valence electrons. The summed E-state index contributed by atoms with van der Waals surface area (Å²) in [7, 11) is 1.60. The van der Waals surface area contributed by atoms with Gasteiger partial charge in [0.05, 0.1) is 30.2 Å². The van der Waals surface area contributed by atoms with Crippen LogP contribution >= 0.6 is 15.9 Å². The molecule has 1 heterocycles. The van der Waals surface area contributed by atoms with Crippen molar-refractivity contribution >= 4 is 27.5 Å². The van der Waals surface area contributed by atoms with Gasteiger partial charge < -0.3 is 10.1 Å². The highest BCUT2D eigenvalue weighted by Gasteiger charge is 2.14. The number of carbonyl (C=O) groups is 1. The van der Waals surface area contributed by atoms with E-state index in [1.54, 1.807) is 24.1 Å². The van der Waals surface area contributed by atoms with E-state index in [9.17, 15) is 4.79 Å². The summed E-state index contributed by atoms with van der Waals surface area (Å²) in [5.74, 6) is 0.476. The Bertz CT molecular complexity index is 598. The second kappa shape index (κ2) is 6.56. The van der Waals surface area contributed by atoms with E-state index < -0.39 is 0 Å². The Morgan fingerprint density at radius 1 is 1.55 bits per heavy atom. The standard InChI is InChI=1S/C14H16BrN3O2/c1-10(8-18-9-11(15)7-16-18)14(19)17-12-4-3-5-13(6-12)20-2/h3-7,9-10H,8H2,1-2H3,(H,17,19)/t10-/m1/s1. The molecule has 0 fully saturated rings. The van der Waals surface area contributed by atoms with Gasteiger partial charge in [0.25, 0.3) is 0 Å². The first kappa shape index (κ1) is 14.6. The third kappa shape index (κ3) is 3.84. The van der Waals surface area contributed by atoms with Crippen molar-refractivity contribution in [2.24, 2.45) is 5.92 Å². The van der Waals surface area contributed by atoms with Crippen LogP contribution in [0.2, 0.25) is 0 Å². The second-order valence-electron chi connectivity index (χ2n) is 4.50. The average Bonchev–Trinajstić information content (AvgIpc) is 2.84. The summed E-state index contributed by atoms with van der Waals surface area (Å²) >= 11 is 3.33. The molecule has 1 aromatic heterocycles. The minimum atomic E-state index is -0.187. The molecule has 0 spiro atoms. The zero-order valence-corrected chi connectivity index (χ0v) is 12.9. The summed E-state index contributed by atoms with van der Waals surface area (Å²) in [5.41, 5.74) is 0.725. The van der Waals surface area contributed by atoms with Gasteiger partial charge in [-0.25, -0.2) is 0 Å². The van der Waals surface area contributed by atoms with Crippen molar-refractivity contribution in [2.45, 2.75) is 13.5 Å². The Balaban J connectivity index is 1.96. The highest BCUT2D eigenvalue weighted by molar-refractivity contribution is 9.10. The lowest BCUT2D eigenvalue weighted by molar-refractivity contribution is -0.119. The van der Waals surface area contributed by atoms with E-state index in [0.29, 0.717) is 12.3 Å². The SMILES string of the molecule is COc1cccc(NC(=O)[C@H](C)Cn2cc(Br)cn2)c1. The molecule has 0 aliphatic heterocycles. The van der Waals surface area contributed by atoms with Crippen molar-refractivity contribution < 1.29 is 9.53 Å². The third-order valence-electron chi connectivity index (χ3n) is 2.85. The molecular weight excluding hydrogens is 322 g/mol. The number of hydrogen-bond acceptors (Lipinski definition) is 3. The lowest BCUT2D eigenvalue weighted by Gasteiger charge is -2.12. The number of nitrogens with one attached hydrogen (secondary N) is 1. The van der Waals surface area contributed by atoms with Crippen LogP contribution in [0.4, 0.5) is 5.69 Å². The van der Waals surface area contributed by atoms with E-state index in [4.69, 9.17) is 4.74 Å². The molecule has 0 aliphatic carbocycles. The van der Waals surface area contributed by atoms with Crippen molar-refractivity contribution in [3.05, 3.63) is 41.1 Å². The summed E-state index contributed by atoms with van der Waals surface area (Å²) in [5, 5.41) is 7.01. The normalized spacial score (nSPS) is 11.9. The monoisotopic (exact) mass is 337 g/mol. The number of benzene rings is 1. The lowest BCUT2D eigenvalue weighted by atomic mass is 10.1. The fraction of sp³-hybridized carbons (Fsp3) is 0.286. The quantitative estimate of drug-likeness (QED) is 0.912. The molecule has 0 unspecified atom stereocenters. The zero-order valence-electron chi connectivity index (χ0n) is 11.3. The summed E-state index contributed by atoms with van der Waals surface area (Å²) in [6.07, 6.45) is 3.54. The predicted molar refractivity (Wildman–Crippen MR) is 80.7 cm³/mol. The van der Waals surface area contributed by atoms with E-state index in [2.05, 4.69) is 26.3 Å². The van der Waals surface area contributed by atoms with Crippen LogP contribution in [0.5, 0.6) is 5.75 Å². The number of methoxy groups -OCH3 is 1. The van der Waals surface area contributed by atoms with E-state index in [-0.39, 0.29) is 11.8 Å². The molecule has 2 aromatic rings. The minimum absolute atomic E-state index is 0.0510. The number of halogens is 1. The number of nitrogens with zero attached hydrogens (tertiary/aromatic N) is 2. The Labute approximate surface area is 126 Å². The third-order valence-corrected chi connectivity index (χ3v) is 3.26. The van der Waals surface area contributed by atoms with Crippen molar-refractivity contribution in [2.75, 3.05) is 12.4 Å². The van der Waals surface area contributed by atoms with Crippen LogP contribution < -0.4 is 10.1 Å². The first-order valence-electron chi connectivity index (χ1n) is 6.21. The summed E-state index contributed by atoms with van der Waals surface area (Å²) in [6.45, 7) is 2.40. The van der Waals surface area contributed by atoms with Crippen molar-refractivity contribution in [1.82, 2.24) is 9.78 Å². The fourth-order valence-corrected chi connectivity index (χ4v) is 2.10. The van der Waals surface area contributed by atoms with Crippen LogP contribution in [0.15, 0.2) is 41.1 Å². The zero-order chi connectivity index (χ0) is 14.5. The number of aromatic nitrogens is 2. The summed E-state index contributed by atoms with van der Waals surface area (Å²) in [6, 6.07) is 7.29.